The highest BCUT2D eigenvalue weighted by atomic mass is 32.2. The maximum absolute atomic E-state index is 11.9. The second-order valence-corrected chi connectivity index (χ2v) is 6.35. The SMILES string of the molecule is O=S(=O)(Cc1ccncc1)NCC1CCCOC1. The minimum Gasteiger partial charge on any atom is -0.381 e. The van der Waals surface area contributed by atoms with E-state index in [0.717, 1.165) is 25.0 Å². The lowest BCUT2D eigenvalue weighted by molar-refractivity contribution is 0.0568. The first-order chi connectivity index (χ1) is 8.66. The Kier molecular flexibility index (Phi) is 4.68. The van der Waals surface area contributed by atoms with E-state index in [1.165, 1.54) is 0 Å². The van der Waals surface area contributed by atoms with Gasteiger partial charge < -0.3 is 4.74 Å². The molecule has 5 nitrogen and oxygen atoms in total. The molecule has 1 fully saturated rings. The molecule has 0 spiro atoms. The van der Waals surface area contributed by atoms with Crippen molar-refractivity contribution in [2.45, 2.75) is 18.6 Å². The molecule has 100 valence electrons. The number of hydrogen-bond donors (Lipinski definition) is 1. The summed E-state index contributed by atoms with van der Waals surface area (Å²) in [7, 11) is -3.27. The van der Waals surface area contributed by atoms with Gasteiger partial charge in [0.15, 0.2) is 0 Å². The first-order valence-electron chi connectivity index (χ1n) is 6.10. The maximum atomic E-state index is 11.9. The zero-order valence-corrected chi connectivity index (χ0v) is 11.0. The van der Waals surface area contributed by atoms with Crippen LogP contribution in [0.1, 0.15) is 18.4 Å². The van der Waals surface area contributed by atoms with E-state index in [2.05, 4.69) is 9.71 Å². The van der Waals surface area contributed by atoms with Crippen LogP contribution in [0.5, 0.6) is 0 Å². The van der Waals surface area contributed by atoms with Gasteiger partial charge in [0.25, 0.3) is 0 Å². The first kappa shape index (κ1) is 13.5. The van der Waals surface area contributed by atoms with E-state index in [1.54, 1.807) is 24.5 Å². The zero-order chi connectivity index (χ0) is 12.8. The molecule has 0 amide bonds. The Morgan fingerprint density at radius 1 is 1.39 bits per heavy atom. The van der Waals surface area contributed by atoms with Crippen molar-refractivity contribution < 1.29 is 13.2 Å². The molecule has 0 aliphatic carbocycles. The van der Waals surface area contributed by atoms with Crippen molar-refractivity contribution in [3.05, 3.63) is 30.1 Å². The molecular formula is C12H18N2O3S. The van der Waals surface area contributed by atoms with Crippen molar-refractivity contribution in [3.63, 3.8) is 0 Å². The van der Waals surface area contributed by atoms with E-state index >= 15 is 0 Å². The predicted molar refractivity (Wildman–Crippen MR) is 68.4 cm³/mol. The van der Waals surface area contributed by atoms with Gasteiger partial charge in [-0.15, -0.1) is 0 Å². The topological polar surface area (TPSA) is 68.3 Å². The van der Waals surface area contributed by atoms with Crippen LogP contribution in [0.3, 0.4) is 0 Å². The molecule has 0 saturated carbocycles. The van der Waals surface area contributed by atoms with Crippen LogP contribution in [0.4, 0.5) is 0 Å². The Morgan fingerprint density at radius 3 is 2.83 bits per heavy atom. The van der Waals surface area contributed by atoms with Gasteiger partial charge in [-0.2, -0.15) is 0 Å². The smallest absolute Gasteiger partial charge is 0.215 e. The third kappa shape index (κ3) is 4.36. The Balaban J connectivity index is 1.83. The zero-order valence-electron chi connectivity index (χ0n) is 10.2. The molecular weight excluding hydrogens is 252 g/mol. The fraction of sp³-hybridized carbons (Fsp3) is 0.583. The molecule has 0 aromatic carbocycles. The van der Waals surface area contributed by atoms with Crippen molar-refractivity contribution in [1.82, 2.24) is 9.71 Å². The van der Waals surface area contributed by atoms with Gasteiger partial charge in [0.05, 0.1) is 12.4 Å². The molecule has 1 aliphatic rings. The van der Waals surface area contributed by atoms with Crippen molar-refractivity contribution in [2.75, 3.05) is 19.8 Å². The summed E-state index contributed by atoms with van der Waals surface area (Å²) in [5.41, 5.74) is 0.748. The van der Waals surface area contributed by atoms with E-state index in [0.29, 0.717) is 19.1 Å². The normalized spacial score (nSPS) is 20.8. The number of hydrogen-bond acceptors (Lipinski definition) is 4. The summed E-state index contributed by atoms with van der Waals surface area (Å²) in [4.78, 5) is 3.86. The molecule has 6 heteroatoms. The Labute approximate surface area is 108 Å². The van der Waals surface area contributed by atoms with E-state index in [-0.39, 0.29) is 5.75 Å². The molecule has 1 atom stereocenters. The van der Waals surface area contributed by atoms with E-state index in [4.69, 9.17) is 4.74 Å². The molecule has 1 aliphatic heterocycles. The van der Waals surface area contributed by atoms with Crippen molar-refractivity contribution >= 4 is 10.0 Å². The van der Waals surface area contributed by atoms with Gasteiger partial charge >= 0.3 is 0 Å². The quantitative estimate of drug-likeness (QED) is 0.864. The molecule has 1 unspecified atom stereocenters. The standard InChI is InChI=1S/C12H18N2O3S/c15-18(16,10-11-3-5-13-6-4-11)14-8-12-2-1-7-17-9-12/h3-6,12,14H,1-2,7-10H2. The van der Waals surface area contributed by atoms with Crippen LogP contribution in [0.25, 0.3) is 0 Å². The highest BCUT2D eigenvalue weighted by Crippen LogP contribution is 2.13. The minimum atomic E-state index is -3.27. The fourth-order valence-electron chi connectivity index (χ4n) is 1.96. The van der Waals surface area contributed by atoms with E-state index in [1.807, 2.05) is 0 Å². The molecule has 2 rings (SSSR count). The average Bonchev–Trinajstić information content (AvgIpc) is 2.38. The van der Waals surface area contributed by atoms with Crippen LogP contribution in [-0.4, -0.2) is 33.2 Å². The van der Waals surface area contributed by atoms with Gasteiger partial charge in [-0.1, -0.05) is 0 Å². The minimum absolute atomic E-state index is 0.00307. The van der Waals surface area contributed by atoms with E-state index in [9.17, 15) is 8.42 Å². The lowest BCUT2D eigenvalue weighted by Crippen LogP contribution is -2.33. The van der Waals surface area contributed by atoms with Gasteiger partial charge in [-0.05, 0) is 36.5 Å². The largest absolute Gasteiger partial charge is 0.381 e. The number of pyridine rings is 1. The van der Waals surface area contributed by atoms with Crippen LogP contribution in [-0.2, 0) is 20.5 Å². The molecule has 1 N–H and O–H groups in total. The van der Waals surface area contributed by atoms with Crippen LogP contribution in [0.2, 0.25) is 0 Å². The first-order valence-corrected chi connectivity index (χ1v) is 7.75. The van der Waals surface area contributed by atoms with Crippen LogP contribution in [0.15, 0.2) is 24.5 Å². The van der Waals surface area contributed by atoms with Crippen molar-refractivity contribution in [3.8, 4) is 0 Å². The lowest BCUT2D eigenvalue weighted by atomic mass is 10.0. The Hall–Kier alpha value is -0.980. The number of rotatable bonds is 5. The number of ether oxygens (including phenoxy) is 1. The summed E-state index contributed by atoms with van der Waals surface area (Å²) >= 11 is 0. The highest BCUT2D eigenvalue weighted by Gasteiger charge is 2.17. The third-order valence-electron chi connectivity index (χ3n) is 2.95. The molecule has 1 saturated heterocycles. The monoisotopic (exact) mass is 270 g/mol. The summed E-state index contributed by atoms with van der Waals surface area (Å²) in [6, 6.07) is 3.42. The van der Waals surface area contributed by atoms with Gasteiger partial charge in [0.2, 0.25) is 10.0 Å². The molecule has 18 heavy (non-hydrogen) atoms. The Bertz CT molecular complexity index is 455. The van der Waals surface area contributed by atoms with Gasteiger partial charge in [0, 0.05) is 25.5 Å². The van der Waals surface area contributed by atoms with Crippen LogP contribution >= 0.6 is 0 Å². The lowest BCUT2D eigenvalue weighted by Gasteiger charge is -2.22. The molecule has 1 aromatic rings. The summed E-state index contributed by atoms with van der Waals surface area (Å²) in [6.45, 7) is 1.91. The summed E-state index contributed by atoms with van der Waals surface area (Å²) < 4.78 is 31.7. The fourth-order valence-corrected chi connectivity index (χ4v) is 3.19. The summed E-state index contributed by atoms with van der Waals surface area (Å²) in [5.74, 6) is 0.300. The second kappa shape index (κ2) is 6.26. The van der Waals surface area contributed by atoms with Crippen molar-refractivity contribution in [2.24, 2.45) is 5.92 Å². The number of aromatic nitrogens is 1. The third-order valence-corrected chi connectivity index (χ3v) is 4.27. The van der Waals surface area contributed by atoms with Crippen molar-refractivity contribution in [1.29, 1.82) is 0 Å². The number of nitrogens with one attached hydrogen (secondary N) is 1. The summed E-state index contributed by atoms with van der Waals surface area (Å²) in [5, 5.41) is 0. The molecule has 1 aromatic heterocycles. The highest BCUT2D eigenvalue weighted by molar-refractivity contribution is 7.88. The van der Waals surface area contributed by atoms with Crippen LogP contribution in [0, 0.1) is 5.92 Å². The average molecular weight is 270 g/mol. The second-order valence-electron chi connectivity index (χ2n) is 4.55. The Morgan fingerprint density at radius 2 is 2.17 bits per heavy atom. The molecule has 0 bridgehead atoms. The summed E-state index contributed by atoms with van der Waals surface area (Å²) in [6.07, 6.45) is 5.23. The van der Waals surface area contributed by atoms with Crippen LogP contribution < -0.4 is 4.72 Å². The predicted octanol–water partition coefficient (Wildman–Crippen LogP) is 0.928. The van der Waals surface area contributed by atoms with Gasteiger partial charge in [-0.25, -0.2) is 13.1 Å². The molecule has 2 heterocycles. The van der Waals surface area contributed by atoms with Gasteiger partial charge in [0.1, 0.15) is 0 Å². The number of nitrogens with zero attached hydrogens (tertiary/aromatic N) is 1. The van der Waals surface area contributed by atoms with E-state index < -0.39 is 10.0 Å². The maximum Gasteiger partial charge on any atom is 0.215 e. The number of sulfonamides is 1. The van der Waals surface area contributed by atoms with Gasteiger partial charge in [-0.3, -0.25) is 4.98 Å². The molecule has 0 radical (unpaired) electrons.